The first-order chi connectivity index (χ1) is 15.8. The third-order valence-electron chi connectivity index (χ3n) is 5.63. The number of benzene rings is 2. The number of hydrogen-bond acceptors (Lipinski definition) is 5. The molecule has 1 atom stereocenters. The lowest BCUT2D eigenvalue weighted by molar-refractivity contribution is 0.0939. The number of amides is 1. The van der Waals surface area contributed by atoms with Crippen LogP contribution in [0.3, 0.4) is 0 Å². The zero-order chi connectivity index (χ0) is 23.5. The Hall–Kier alpha value is -3.81. The Morgan fingerprint density at radius 1 is 1.03 bits per heavy atom. The van der Waals surface area contributed by atoms with Gasteiger partial charge in [-0.05, 0) is 59.7 Å². The van der Waals surface area contributed by atoms with E-state index in [1.807, 2.05) is 56.8 Å². The van der Waals surface area contributed by atoms with Gasteiger partial charge in [0.15, 0.2) is 5.82 Å². The van der Waals surface area contributed by atoms with Gasteiger partial charge in [-0.3, -0.25) is 9.48 Å². The molecule has 0 aliphatic rings. The number of nitrogens with one attached hydrogen (secondary N) is 1. The summed E-state index contributed by atoms with van der Waals surface area (Å²) in [5, 5.41) is 19.5. The molecule has 2 heterocycles. The molecule has 1 amide bonds. The fourth-order valence-corrected chi connectivity index (χ4v) is 3.79. The predicted octanol–water partition coefficient (Wildman–Crippen LogP) is 3.86. The Labute approximate surface area is 193 Å². The van der Waals surface area contributed by atoms with Gasteiger partial charge in [-0.2, -0.15) is 9.78 Å². The Kier molecular flexibility index (Phi) is 6.35. The number of carbonyl (C=O) groups is 1. The summed E-state index contributed by atoms with van der Waals surface area (Å²) in [6, 6.07) is 15.9. The van der Waals surface area contributed by atoms with E-state index in [4.69, 9.17) is 0 Å². The Balaban J connectivity index is 1.69. The molecule has 2 aromatic heterocycles. The van der Waals surface area contributed by atoms with Crippen LogP contribution in [0.2, 0.25) is 0 Å². The minimum atomic E-state index is -0.140. The molecular formula is C25H29N7O. The number of aryl methyl sites for hydroxylation is 2. The van der Waals surface area contributed by atoms with Gasteiger partial charge in [0.1, 0.15) is 0 Å². The zero-order valence-corrected chi connectivity index (χ0v) is 19.6. The highest BCUT2D eigenvalue weighted by atomic mass is 16.1. The van der Waals surface area contributed by atoms with Crippen molar-refractivity contribution in [2.75, 3.05) is 0 Å². The summed E-state index contributed by atoms with van der Waals surface area (Å²) < 4.78 is 3.53. The second-order valence-corrected chi connectivity index (χ2v) is 8.76. The van der Waals surface area contributed by atoms with Crippen LogP contribution < -0.4 is 5.32 Å². The third-order valence-corrected chi connectivity index (χ3v) is 5.63. The van der Waals surface area contributed by atoms with E-state index in [1.165, 1.54) is 5.56 Å². The summed E-state index contributed by atoms with van der Waals surface area (Å²) in [5.41, 5.74) is 5.52. The smallest absolute Gasteiger partial charge is 0.251 e. The standard InChI is InChI=1S/C25H29N7O/c1-16(2)24-28-29-30-32(24)23-14-20(19-8-6-17(3)7-9-19)13-21(15-23)25(33)27-18(4)12-22-10-11-26-31(22)5/h6-11,13-16,18H,12H2,1-5H3,(H,27,33). The summed E-state index contributed by atoms with van der Waals surface area (Å²) in [7, 11) is 1.90. The quantitative estimate of drug-likeness (QED) is 0.468. The maximum absolute atomic E-state index is 13.3. The normalized spacial score (nSPS) is 12.2. The molecule has 0 saturated heterocycles. The van der Waals surface area contributed by atoms with Crippen LogP contribution in [0.15, 0.2) is 54.7 Å². The minimum Gasteiger partial charge on any atom is -0.349 e. The molecule has 0 aliphatic heterocycles. The van der Waals surface area contributed by atoms with Crippen molar-refractivity contribution in [3.63, 3.8) is 0 Å². The largest absolute Gasteiger partial charge is 0.349 e. The van der Waals surface area contributed by atoms with Gasteiger partial charge in [-0.15, -0.1) is 5.10 Å². The van der Waals surface area contributed by atoms with E-state index < -0.39 is 0 Å². The van der Waals surface area contributed by atoms with Crippen LogP contribution in [-0.4, -0.2) is 41.9 Å². The summed E-state index contributed by atoms with van der Waals surface area (Å²) in [5.74, 6) is 0.741. The number of nitrogens with zero attached hydrogens (tertiary/aromatic N) is 6. The van der Waals surface area contributed by atoms with Crippen molar-refractivity contribution in [1.82, 2.24) is 35.3 Å². The van der Waals surface area contributed by atoms with E-state index in [0.29, 0.717) is 12.0 Å². The first kappa shape index (κ1) is 22.4. The fraction of sp³-hybridized carbons (Fsp3) is 0.320. The lowest BCUT2D eigenvalue weighted by Gasteiger charge is -2.16. The first-order valence-corrected chi connectivity index (χ1v) is 11.1. The molecule has 4 rings (SSSR count). The van der Waals surface area contributed by atoms with Gasteiger partial charge < -0.3 is 5.32 Å². The highest BCUT2D eigenvalue weighted by Crippen LogP contribution is 2.26. The van der Waals surface area contributed by atoms with Gasteiger partial charge >= 0.3 is 0 Å². The van der Waals surface area contributed by atoms with Crippen LogP contribution in [-0.2, 0) is 13.5 Å². The molecule has 1 N–H and O–H groups in total. The molecule has 1 unspecified atom stereocenters. The molecule has 0 radical (unpaired) electrons. The van der Waals surface area contributed by atoms with Crippen LogP contribution in [0.1, 0.15) is 54.1 Å². The van der Waals surface area contributed by atoms with Crippen molar-refractivity contribution in [3.8, 4) is 16.8 Å². The molecule has 0 bridgehead atoms. The first-order valence-electron chi connectivity index (χ1n) is 11.1. The Morgan fingerprint density at radius 2 is 1.79 bits per heavy atom. The molecule has 0 fully saturated rings. The van der Waals surface area contributed by atoms with Crippen molar-refractivity contribution < 1.29 is 4.79 Å². The van der Waals surface area contributed by atoms with E-state index >= 15 is 0 Å². The molecule has 33 heavy (non-hydrogen) atoms. The van der Waals surface area contributed by atoms with Gasteiger partial charge in [0.25, 0.3) is 5.91 Å². The summed E-state index contributed by atoms with van der Waals surface area (Å²) in [6.07, 6.45) is 2.46. The predicted molar refractivity (Wildman–Crippen MR) is 127 cm³/mol. The van der Waals surface area contributed by atoms with Gasteiger partial charge in [0.2, 0.25) is 0 Å². The molecule has 0 spiro atoms. The zero-order valence-electron chi connectivity index (χ0n) is 19.6. The molecule has 8 heteroatoms. The van der Waals surface area contributed by atoms with Gasteiger partial charge in [-0.1, -0.05) is 43.7 Å². The maximum atomic E-state index is 13.3. The van der Waals surface area contributed by atoms with Gasteiger partial charge in [0, 0.05) is 42.9 Å². The Morgan fingerprint density at radius 3 is 2.45 bits per heavy atom. The molecule has 0 saturated carbocycles. The van der Waals surface area contributed by atoms with Gasteiger partial charge in [-0.25, -0.2) is 0 Å². The number of rotatable bonds is 7. The SMILES string of the molecule is Cc1ccc(-c2cc(C(=O)NC(C)Cc3ccnn3C)cc(-n3nnnc3C(C)C)c2)cc1. The molecule has 8 nitrogen and oxygen atoms in total. The highest BCUT2D eigenvalue weighted by Gasteiger charge is 2.18. The lowest BCUT2D eigenvalue weighted by atomic mass is 10.00. The van der Waals surface area contributed by atoms with Crippen molar-refractivity contribution in [2.24, 2.45) is 7.05 Å². The molecule has 170 valence electrons. The van der Waals surface area contributed by atoms with E-state index in [1.54, 1.807) is 10.9 Å². The maximum Gasteiger partial charge on any atom is 0.251 e. The van der Waals surface area contributed by atoms with E-state index in [2.05, 4.69) is 57.1 Å². The van der Waals surface area contributed by atoms with Gasteiger partial charge in [0.05, 0.1) is 5.69 Å². The fourth-order valence-electron chi connectivity index (χ4n) is 3.79. The van der Waals surface area contributed by atoms with Crippen LogP contribution in [0.5, 0.6) is 0 Å². The third kappa shape index (κ3) is 5.00. The molecule has 0 aliphatic carbocycles. The minimum absolute atomic E-state index is 0.0568. The number of carbonyl (C=O) groups excluding carboxylic acids is 1. The second kappa shape index (κ2) is 9.36. The van der Waals surface area contributed by atoms with Crippen LogP contribution in [0.25, 0.3) is 16.8 Å². The van der Waals surface area contributed by atoms with E-state index in [0.717, 1.165) is 28.3 Å². The van der Waals surface area contributed by atoms with Crippen molar-refractivity contribution >= 4 is 5.91 Å². The average Bonchev–Trinajstić information content (AvgIpc) is 3.43. The second-order valence-electron chi connectivity index (χ2n) is 8.76. The summed E-state index contributed by atoms with van der Waals surface area (Å²) in [6.45, 7) is 8.13. The van der Waals surface area contributed by atoms with Crippen LogP contribution >= 0.6 is 0 Å². The van der Waals surface area contributed by atoms with E-state index in [-0.39, 0.29) is 17.9 Å². The van der Waals surface area contributed by atoms with Crippen LogP contribution in [0.4, 0.5) is 0 Å². The molecule has 2 aromatic carbocycles. The molecular weight excluding hydrogens is 414 g/mol. The van der Waals surface area contributed by atoms with E-state index in [9.17, 15) is 4.79 Å². The average molecular weight is 444 g/mol. The van der Waals surface area contributed by atoms with Crippen LogP contribution in [0, 0.1) is 6.92 Å². The Bertz CT molecular complexity index is 1250. The number of tetrazole rings is 1. The lowest BCUT2D eigenvalue weighted by Crippen LogP contribution is -2.34. The van der Waals surface area contributed by atoms with Crippen molar-refractivity contribution in [3.05, 3.63) is 77.4 Å². The topological polar surface area (TPSA) is 90.5 Å². The summed E-state index contributed by atoms with van der Waals surface area (Å²) in [4.78, 5) is 13.3. The molecule has 4 aromatic rings. The highest BCUT2D eigenvalue weighted by molar-refractivity contribution is 5.96. The number of aromatic nitrogens is 6. The van der Waals surface area contributed by atoms with Crippen molar-refractivity contribution in [1.29, 1.82) is 0 Å². The van der Waals surface area contributed by atoms with Crippen molar-refractivity contribution in [2.45, 2.75) is 46.1 Å². The monoisotopic (exact) mass is 443 g/mol. The number of hydrogen-bond donors (Lipinski definition) is 1. The summed E-state index contributed by atoms with van der Waals surface area (Å²) >= 11 is 0.